The summed E-state index contributed by atoms with van der Waals surface area (Å²) in [5.74, 6) is 1.20. The Hall–Kier alpha value is -1.88. The molecule has 1 aromatic carbocycles. The number of ether oxygens (including phenoxy) is 1. The Labute approximate surface area is 111 Å². The number of para-hydroxylation sites is 1. The molecule has 1 aliphatic rings. The summed E-state index contributed by atoms with van der Waals surface area (Å²) in [4.78, 5) is 4.39. The normalized spacial score (nSPS) is 18.8. The number of rotatable bonds is 4. The fourth-order valence-electron chi connectivity index (χ4n) is 2.32. The van der Waals surface area contributed by atoms with Crippen molar-refractivity contribution in [3.8, 4) is 11.4 Å². The third-order valence-corrected chi connectivity index (χ3v) is 3.37. The highest BCUT2D eigenvalue weighted by atomic mass is 16.5. The molecule has 1 aromatic heterocycles. The van der Waals surface area contributed by atoms with Gasteiger partial charge in [-0.3, -0.25) is 0 Å². The highest BCUT2D eigenvalue weighted by Crippen LogP contribution is 2.23. The second-order valence-electron chi connectivity index (χ2n) is 4.77. The van der Waals surface area contributed by atoms with Gasteiger partial charge in [-0.2, -0.15) is 4.98 Å². The van der Waals surface area contributed by atoms with Gasteiger partial charge in [0.1, 0.15) is 0 Å². The molecule has 2 N–H and O–H groups in total. The molecule has 2 aromatic rings. The molecule has 0 amide bonds. The molecule has 1 atom stereocenters. The second kappa shape index (κ2) is 5.40. The Morgan fingerprint density at radius 3 is 3.00 bits per heavy atom. The highest BCUT2D eigenvalue weighted by molar-refractivity contribution is 5.70. The maximum atomic E-state index is 5.89. The predicted molar refractivity (Wildman–Crippen MR) is 71.4 cm³/mol. The van der Waals surface area contributed by atoms with Crippen LogP contribution in [-0.4, -0.2) is 22.9 Å². The van der Waals surface area contributed by atoms with Gasteiger partial charge in [0.25, 0.3) is 0 Å². The van der Waals surface area contributed by atoms with Gasteiger partial charge in [-0.05, 0) is 31.4 Å². The maximum Gasteiger partial charge on any atom is 0.227 e. The van der Waals surface area contributed by atoms with Crippen LogP contribution in [0.1, 0.15) is 25.2 Å². The zero-order valence-electron chi connectivity index (χ0n) is 10.7. The van der Waals surface area contributed by atoms with Crippen molar-refractivity contribution in [2.24, 2.45) is 0 Å². The van der Waals surface area contributed by atoms with E-state index in [0.717, 1.165) is 37.9 Å². The van der Waals surface area contributed by atoms with E-state index in [1.165, 1.54) is 0 Å². The van der Waals surface area contributed by atoms with Crippen molar-refractivity contribution in [1.82, 2.24) is 10.1 Å². The molecule has 19 heavy (non-hydrogen) atoms. The van der Waals surface area contributed by atoms with Gasteiger partial charge in [-0.15, -0.1) is 0 Å². The van der Waals surface area contributed by atoms with Crippen molar-refractivity contribution >= 4 is 5.69 Å². The lowest BCUT2D eigenvalue weighted by Crippen LogP contribution is -2.06. The number of hydrogen-bond donors (Lipinski definition) is 1. The largest absolute Gasteiger partial charge is 0.398 e. The van der Waals surface area contributed by atoms with Gasteiger partial charge >= 0.3 is 0 Å². The summed E-state index contributed by atoms with van der Waals surface area (Å²) in [7, 11) is 0. The minimum Gasteiger partial charge on any atom is -0.398 e. The van der Waals surface area contributed by atoms with Crippen LogP contribution >= 0.6 is 0 Å². The number of aromatic nitrogens is 2. The van der Waals surface area contributed by atoms with E-state index in [-0.39, 0.29) is 0 Å². The topological polar surface area (TPSA) is 74.2 Å². The summed E-state index contributed by atoms with van der Waals surface area (Å²) in [6, 6.07) is 7.52. The van der Waals surface area contributed by atoms with E-state index in [4.69, 9.17) is 15.0 Å². The molecule has 5 heteroatoms. The Morgan fingerprint density at radius 1 is 1.32 bits per heavy atom. The number of anilines is 1. The molecule has 1 saturated heterocycles. The van der Waals surface area contributed by atoms with E-state index in [0.29, 0.717) is 23.5 Å². The molecule has 0 bridgehead atoms. The van der Waals surface area contributed by atoms with Crippen LogP contribution < -0.4 is 5.73 Å². The van der Waals surface area contributed by atoms with Crippen molar-refractivity contribution in [2.75, 3.05) is 12.3 Å². The van der Waals surface area contributed by atoms with Gasteiger partial charge in [-0.25, -0.2) is 0 Å². The SMILES string of the molecule is Nc1ccccc1-c1noc(CCC2CCCO2)n1. The first-order chi connectivity index (χ1) is 9.33. The Kier molecular flexibility index (Phi) is 3.46. The van der Waals surface area contributed by atoms with E-state index < -0.39 is 0 Å². The average Bonchev–Trinajstić information content (AvgIpc) is 3.08. The zero-order chi connectivity index (χ0) is 13.1. The number of nitrogens with zero attached hydrogens (tertiary/aromatic N) is 2. The number of benzene rings is 1. The molecule has 0 saturated carbocycles. The molecule has 1 fully saturated rings. The van der Waals surface area contributed by atoms with Crippen LogP contribution in [0.2, 0.25) is 0 Å². The van der Waals surface area contributed by atoms with Crippen LogP contribution in [0.15, 0.2) is 28.8 Å². The first kappa shape index (κ1) is 12.2. The van der Waals surface area contributed by atoms with Crippen LogP contribution in [0.4, 0.5) is 5.69 Å². The third-order valence-electron chi connectivity index (χ3n) is 3.37. The molecular weight excluding hydrogens is 242 g/mol. The summed E-state index contributed by atoms with van der Waals surface area (Å²) in [5, 5.41) is 3.99. The molecular formula is C14H17N3O2. The van der Waals surface area contributed by atoms with Crippen molar-refractivity contribution in [2.45, 2.75) is 31.8 Å². The van der Waals surface area contributed by atoms with Gasteiger partial charge < -0.3 is 15.0 Å². The summed E-state index contributed by atoms with van der Waals surface area (Å²) in [6.07, 6.45) is 4.32. The summed E-state index contributed by atoms with van der Waals surface area (Å²) in [5.41, 5.74) is 7.37. The molecule has 100 valence electrons. The predicted octanol–water partition coefficient (Wildman–Crippen LogP) is 2.43. The Morgan fingerprint density at radius 2 is 2.21 bits per heavy atom. The number of nitrogen functional groups attached to an aromatic ring is 1. The quantitative estimate of drug-likeness (QED) is 0.853. The molecule has 3 rings (SSSR count). The van der Waals surface area contributed by atoms with Crippen LogP contribution in [0.3, 0.4) is 0 Å². The van der Waals surface area contributed by atoms with Crippen LogP contribution in [0.25, 0.3) is 11.4 Å². The van der Waals surface area contributed by atoms with Gasteiger partial charge in [-0.1, -0.05) is 17.3 Å². The molecule has 0 aliphatic carbocycles. The van der Waals surface area contributed by atoms with Crippen molar-refractivity contribution < 1.29 is 9.26 Å². The standard InChI is InChI=1S/C14H17N3O2/c15-12-6-2-1-5-11(12)14-16-13(19-17-14)8-7-10-4-3-9-18-10/h1-2,5-6,10H,3-4,7-9,15H2. The van der Waals surface area contributed by atoms with Crippen molar-refractivity contribution in [3.63, 3.8) is 0 Å². The van der Waals surface area contributed by atoms with Gasteiger partial charge in [0.05, 0.1) is 6.10 Å². The van der Waals surface area contributed by atoms with Crippen molar-refractivity contribution in [3.05, 3.63) is 30.2 Å². The molecule has 1 unspecified atom stereocenters. The van der Waals surface area contributed by atoms with E-state index in [2.05, 4.69) is 10.1 Å². The number of aryl methyl sites for hydroxylation is 1. The minimum absolute atomic E-state index is 0.345. The zero-order valence-corrected chi connectivity index (χ0v) is 10.7. The van der Waals surface area contributed by atoms with Gasteiger partial charge in [0.15, 0.2) is 0 Å². The number of hydrogen-bond acceptors (Lipinski definition) is 5. The van der Waals surface area contributed by atoms with Crippen LogP contribution in [0, 0.1) is 0 Å². The fourth-order valence-corrected chi connectivity index (χ4v) is 2.32. The number of nitrogens with two attached hydrogens (primary N) is 1. The minimum atomic E-state index is 0.345. The molecule has 0 spiro atoms. The Balaban J connectivity index is 1.67. The smallest absolute Gasteiger partial charge is 0.227 e. The van der Waals surface area contributed by atoms with Crippen molar-refractivity contribution in [1.29, 1.82) is 0 Å². The second-order valence-corrected chi connectivity index (χ2v) is 4.77. The summed E-state index contributed by atoms with van der Waals surface area (Å²) in [6.45, 7) is 0.875. The van der Waals surface area contributed by atoms with Crippen LogP contribution in [0.5, 0.6) is 0 Å². The fraction of sp³-hybridized carbons (Fsp3) is 0.429. The van der Waals surface area contributed by atoms with E-state index >= 15 is 0 Å². The molecule has 2 heterocycles. The molecule has 5 nitrogen and oxygen atoms in total. The van der Waals surface area contributed by atoms with E-state index in [1.807, 2.05) is 24.3 Å². The van der Waals surface area contributed by atoms with Crippen LogP contribution in [-0.2, 0) is 11.2 Å². The summed E-state index contributed by atoms with van der Waals surface area (Å²) >= 11 is 0. The van der Waals surface area contributed by atoms with E-state index in [1.54, 1.807) is 0 Å². The van der Waals surface area contributed by atoms with E-state index in [9.17, 15) is 0 Å². The lowest BCUT2D eigenvalue weighted by molar-refractivity contribution is 0.102. The lowest BCUT2D eigenvalue weighted by atomic mass is 10.1. The van der Waals surface area contributed by atoms with Gasteiger partial charge in [0, 0.05) is 24.3 Å². The monoisotopic (exact) mass is 259 g/mol. The maximum absolute atomic E-state index is 5.89. The Bertz CT molecular complexity index is 547. The first-order valence-electron chi connectivity index (χ1n) is 6.62. The lowest BCUT2D eigenvalue weighted by Gasteiger charge is -2.05. The molecule has 0 radical (unpaired) electrons. The third kappa shape index (κ3) is 2.76. The first-order valence-corrected chi connectivity index (χ1v) is 6.62. The average molecular weight is 259 g/mol. The highest BCUT2D eigenvalue weighted by Gasteiger charge is 2.17. The molecule has 1 aliphatic heterocycles. The summed E-state index contributed by atoms with van der Waals surface area (Å²) < 4.78 is 10.8. The van der Waals surface area contributed by atoms with Gasteiger partial charge in [0.2, 0.25) is 11.7 Å².